The lowest BCUT2D eigenvalue weighted by molar-refractivity contribution is -0.144. The lowest BCUT2D eigenvalue weighted by Crippen LogP contribution is -2.17. The number of benzene rings is 1. The number of nitrogens with zero attached hydrogens (tertiary/aromatic N) is 1. The van der Waals surface area contributed by atoms with Crippen LogP contribution in [0.1, 0.15) is 69.7 Å². The number of rotatable bonds is 7. The number of carbonyl (C=O) groups is 1. The first-order valence-electron chi connectivity index (χ1n) is 10.8. The van der Waals surface area contributed by atoms with Gasteiger partial charge in [-0.3, -0.25) is 4.79 Å². The number of hydrogen-bond donors (Lipinski definition) is 0. The van der Waals surface area contributed by atoms with Crippen molar-refractivity contribution in [3.05, 3.63) is 35.0 Å². The van der Waals surface area contributed by atoms with E-state index >= 15 is 0 Å². The Labute approximate surface area is 164 Å². The highest BCUT2D eigenvalue weighted by atomic mass is 16.5. The predicted molar refractivity (Wildman–Crippen MR) is 112 cm³/mol. The molecule has 2 aromatic rings. The highest BCUT2D eigenvalue weighted by Crippen LogP contribution is 2.35. The Morgan fingerprint density at radius 2 is 2.04 bits per heavy atom. The molecule has 1 unspecified atom stereocenters. The Morgan fingerprint density at radius 1 is 1.26 bits per heavy atom. The fourth-order valence-corrected chi connectivity index (χ4v) is 4.45. The summed E-state index contributed by atoms with van der Waals surface area (Å²) in [6, 6.07) is 6.64. The number of fused-ring (bicyclic) bond motifs is 3. The van der Waals surface area contributed by atoms with Crippen LogP contribution in [0.4, 0.5) is 0 Å². The molecule has 1 aromatic heterocycles. The van der Waals surface area contributed by atoms with E-state index in [0.717, 1.165) is 25.2 Å². The smallest absolute Gasteiger partial charge is 0.325 e. The van der Waals surface area contributed by atoms with Crippen LogP contribution in [0.3, 0.4) is 0 Å². The average molecular weight is 370 g/mol. The predicted octanol–water partition coefficient (Wildman–Crippen LogP) is 5.83. The van der Waals surface area contributed by atoms with E-state index in [9.17, 15) is 4.79 Å². The Hall–Kier alpha value is -1.77. The van der Waals surface area contributed by atoms with Crippen molar-refractivity contribution in [1.29, 1.82) is 0 Å². The van der Waals surface area contributed by atoms with E-state index in [1.807, 2.05) is 0 Å². The summed E-state index contributed by atoms with van der Waals surface area (Å²) in [5.74, 6) is 1.26. The Bertz CT molecular complexity index is 787. The molecule has 0 spiro atoms. The summed E-state index contributed by atoms with van der Waals surface area (Å²) in [5.41, 5.74) is 5.33. The zero-order chi connectivity index (χ0) is 19.4. The second kappa shape index (κ2) is 8.95. The topological polar surface area (TPSA) is 31.2 Å². The van der Waals surface area contributed by atoms with Gasteiger partial charge in [-0.05, 0) is 68.6 Å². The normalized spacial score (nSPS) is 17.1. The van der Waals surface area contributed by atoms with E-state index in [0.29, 0.717) is 19.1 Å². The van der Waals surface area contributed by atoms with Crippen molar-refractivity contribution in [3.8, 4) is 0 Å². The van der Waals surface area contributed by atoms with Gasteiger partial charge in [0.05, 0.1) is 6.61 Å². The summed E-state index contributed by atoms with van der Waals surface area (Å²) in [7, 11) is 0. The van der Waals surface area contributed by atoms with Gasteiger partial charge in [-0.25, -0.2) is 0 Å². The minimum Gasteiger partial charge on any atom is -0.464 e. The van der Waals surface area contributed by atoms with Crippen molar-refractivity contribution in [2.24, 2.45) is 11.8 Å². The lowest BCUT2D eigenvalue weighted by atomic mass is 9.94. The van der Waals surface area contributed by atoms with Crippen LogP contribution in [-0.4, -0.2) is 17.1 Å². The summed E-state index contributed by atoms with van der Waals surface area (Å²) >= 11 is 0. The third-order valence-electron chi connectivity index (χ3n) is 5.98. The lowest BCUT2D eigenvalue weighted by Gasteiger charge is -2.14. The molecular formula is C24H35NO2. The van der Waals surface area contributed by atoms with Crippen LogP contribution in [0.2, 0.25) is 0 Å². The van der Waals surface area contributed by atoms with E-state index in [-0.39, 0.29) is 5.97 Å². The first-order chi connectivity index (χ1) is 13.0. The van der Waals surface area contributed by atoms with Gasteiger partial charge in [-0.2, -0.15) is 0 Å². The highest BCUT2D eigenvalue weighted by Gasteiger charge is 2.24. The molecule has 1 aliphatic carbocycles. The Morgan fingerprint density at radius 3 is 2.78 bits per heavy atom. The monoisotopic (exact) mass is 369 g/mol. The number of carbonyl (C=O) groups excluding carboxylic acids is 1. The molecule has 1 atom stereocenters. The molecule has 27 heavy (non-hydrogen) atoms. The second-order valence-electron chi connectivity index (χ2n) is 8.67. The van der Waals surface area contributed by atoms with E-state index < -0.39 is 0 Å². The van der Waals surface area contributed by atoms with Gasteiger partial charge in [0.15, 0.2) is 0 Å². The quantitative estimate of drug-likeness (QED) is 0.454. The second-order valence-corrected chi connectivity index (χ2v) is 8.67. The van der Waals surface area contributed by atoms with Crippen LogP contribution in [0.15, 0.2) is 18.2 Å². The number of hydrogen-bond acceptors (Lipinski definition) is 2. The summed E-state index contributed by atoms with van der Waals surface area (Å²) in [6.45, 7) is 9.61. The molecule has 0 saturated carbocycles. The van der Waals surface area contributed by atoms with Crippen molar-refractivity contribution in [2.75, 3.05) is 6.61 Å². The van der Waals surface area contributed by atoms with E-state index in [4.69, 9.17) is 4.74 Å². The third kappa shape index (κ3) is 4.75. The maximum atomic E-state index is 12.5. The van der Waals surface area contributed by atoms with Gasteiger partial charge in [-0.15, -0.1) is 0 Å². The van der Waals surface area contributed by atoms with Gasteiger partial charge < -0.3 is 9.30 Å². The van der Waals surface area contributed by atoms with Crippen LogP contribution in [0, 0.1) is 18.8 Å². The first-order valence-corrected chi connectivity index (χ1v) is 10.8. The van der Waals surface area contributed by atoms with Crippen molar-refractivity contribution in [3.63, 3.8) is 0 Å². The summed E-state index contributed by atoms with van der Waals surface area (Å²) in [4.78, 5) is 12.5. The molecule has 0 bridgehead atoms. The molecular weight excluding hydrogens is 334 g/mol. The van der Waals surface area contributed by atoms with Gasteiger partial charge in [0, 0.05) is 16.6 Å². The average Bonchev–Trinajstić information content (AvgIpc) is 2.76. The van der Waals surface area contributed by atoms with Crippen molar-refractivity contribution >= 4 is 16.9 Å². The van der Waals surface area contributed by atoms with Crippen LogP contribution in [-0.2, 0) is 28.9 Å². The van der Waals surface area contributed by atoms with Crippen LogP contribution in [0.25, 0.3) is 10.9 Å². The van der Waals surface area contributed by atoms with E-state index in [1.165, 1.54) is 53.4 Å². The fourth-order valence-electron chi connectivity index (χ4n) is 4.45. The molecule has 0 saturated heterocycles. The standard InChI is InChI=1S/C24H35NO2/c1-5-6-19-8-10-20-21-15-18(4)7-11-23(21)25(22(20)12-9-19)16-24(26)27-14-13-17(2)3/h7,11,15,17,19H,5-6,8-10,12-14,16H2,1-4H3. The summed E-state index contributed by atoms with van der Waals surface area (Å²) < 4.78 is 7.77. The van der Waals surface area contributed by atoms with Crippen molar-refractivity contribution in [1.82, 2.24) is 4.57 Å². The van der Waals surface area contributed by atoms with Gasteiger partial charge in [0.25, 0.3) is 0 Å². The minimum absolute atomic E-state index is 0.106. The van der Waals surface area contributed by atoms with Gasteiger partial charge >= 0.3 is 5.97 Å². The molecule has 1 heterocycles. The molecule has 3 rings (SSSR count). The highest BCUT2D eigenvalue weighted by molar-refractivity contribution is 5.87. The van der Waals surface area contributed by atoms with E-state index in [2.05, 4.69) is 50.5 Å². The molecule has 3 nitrogen and oxygen atoms in total. The SMILES string of the molecule is CCCC1CCc2c(n(CC(=O)OCCC(C)C)c3ccc(C)cc23)CC1. The molecule has 0 fully saturated rings. The van der Waals surface area contributed by atoms with Crippen molar-refractivity contribution in [2.45, 2.75) is 79.2 Å². The Kier molecular flexibility index (Phi) is 6.62. The molecule has 0 amide bonds. The third-order valence-corrected chi connectivity index (χ3v) is 5.98. The molecule has 148 valence electrons. The van der Waals surface area contributed by atoms with Gasteiger partial charge in [-0.1, -0.05) is 45.2 Å². The number of ether oxygens (including phenoxy) is 1. The fraction of sp³-hybridized carbons (Fsp3) is 0.625. The van der Waals surface area contributed by atoms with Crippen LogP contribution < -0.4 is 0 Å². The maximum absolute atomic E-state index is 12.5. The van der Waals surface area contributed by atoms with Crippen LogP contribution in [0.5, 0.6) is 0 Å². The van der Waals surface area contributed by atoms with Crippen molar-refractivity contribution < 1.29 is 9.53 Å². The van der Waals surface area contributed by atoms with Gasteiger partial charge in [0.1, 0.15) is 6.54 Å². The zero-order valence-electron chi connectivity index (χ0n) is 17.5. The number of aromatic nitrogens is 1. The minimum atomic E-state index is -0.106. The molecule has 0 N–H and O–H groups in total. The summed E-state index contributed by atoms with van der Waals surface area (Å²) in [5, 5.41) is 1.34. The molecule has 1 aromatic carbocycles. The zero-order valence-corrected chi connectivity index (χ0v) is 17.5. The molecule has 3 heteroatoms. The maximum Gasteiger partial charge on any atom is 0.325 e. The van der Waals surface area contributed by atoms with Crippen LogP contribution >= 0.6 is 0 Å². The Balaban J connectivity index is 1.87. The number of aryl methyl sites for hydroxylation is 2. The van der Waals surface area contributed by atoms with E-state index in [1.54, 1.807) is 0 Å². The molecule has 0 radical (unpaired) electrons. The first kappa shape index (κ1) is 20.0. The largest absolute Gasteiger partial charge is 0.464 e. The molecule has 0 aliphatic heterocycles. The van der Waals surface area contributed by atoms with Gasteiger partial charge in [0.2, 0.25) is 0 Å². The number of esters is 1. The molecule has 1 aliphatic rings. The summed E-state index contributed by atoms with van der Waals surface area (Å²) in [6.07, 6.45) is 8.22.